The predicted molar refractivity (Wildman–Crippen MR) is 68.5 cm³/mol. The van der Waals surface area contributed by atoms with Gasteiger partial charge in [0, 0.05) is 19.7 Å². The van der Waals surface area contributed by atoms with Crippen LogP contribution in [0.15, 0.2) is 0 Å². The van der Waals surface area contributed by atoms with E-state index in [1.165, 1.54) is 25.9 Å². The molecule has 3 heteroatoms. The van der Waals surface area contributed by atoms with Crippen LogP contribution in [0.4, 0.5) is 0 Å². The molecule has 1 atom stereocenters. The number of rotatable bonds is 5. The van der Waals surface area contributed by atoms with Gasteiger partial charge in [-0.2, -0.15) is 0 Å². The molecule has 0 aliphatic carbocycles. The van der Waals surface area contributed by atoms with Crippen LogP contribution in [0.3, 0.4) is 0 Å². The Bertz CT molecular complexity index is 196. The van der Waals surface area contributed by atoms with Crippen LogP contribution >= 0.6 is 0 Å². The maximum atomic E-state index is 5.94. The van der Waals surface area contributed by atoms with E-state index in [2.05, 4.69) is 25.7 Å². The zero-order valence-electron chi connectivity index (χ0n) is 11.3. The number of likely N-dealkylation sites (tertiary alicyclic amines) is 1. The zero-order valence-corrected chi connectivity index (χ0v) is 11.3. The molecule has 16 heavy (non-hydrogen) atoms. The zero-order chi connectivity index (χ0) is 12.2. The Morgan fingerprint density at radius 2 is 1.94 bits per heavy atom. The van der Waals surface area contributed by atoms with Gasteiger partial charge in [0.2, 0.25) is 0 Å². The van der Waals surface area contributed by atoms with E-state index < -0.39 is 0 Å². The van der Waals surface area contributed by atoms with Crippen LogP contribution in [0.2, 0.25) is 0 Å². The molecule has 1 fully saturated rings. The summed E-state index contributed by atoms with van der Waals surface area (Å²) in [4.78, 5) is 2.54. The average molecular weight is 228 g/mol. The number of ether oxygens (including phenoxy) is 1. The largest absolute Gasteiger partial charge is 0.379 e. The van der Waals surface area contributed by atoms with Crippen molar-refractivity contribution in [3.63, 3.8) is 0 Å². The normalized spacial score (nSPS) is 22.3. The quantitative estimate of drug-likeness (QED) is 0.780. The molecule has 1 rings (SSSR count). The van der Waals surface area contributed by atoms with E-state index in [9.17, 15) is 0 Å². The van der Waals surface area contributed by atoms with Gasteiger partial charge >= 0.3 is 0 Å². The number of hydrogen-bond donors (Lipinski definition) is 1. The average Bonchev–Trinajstić information content (AvgIpc) is 2.27. The van der Waals surface area contributed by atoms with Gasteiger partial charge in [0.25, 0.3) is 0 Å². The lowest BCUT2D eigenvalue weighted by Gasteiger charge is -2.35. The molecule has 0 radical (unpaired) electrons. The second-order valence-electron chi connectivity index (χ2n) is 5.75. The molecule has 1 saturated heterocycles. The SMILES string of the molecule is COC(C)(C)CCN1CCC(C(C)N)CC1. The highest BCUT2D eigenvalue weighted by atomic mass is 16.5. The highest BCUT2D eigenvalue weighted by molar-refractivity contribution is 4.79. The lowest BCUT2D eigenvalue weighted by molar-refractivity contribution is 0.00460. The first-order valence-electron chi connectivity index (χ1n) is 6.48. The first-order chi connectivity index (χ1) is 7.44. The lowest BCUT2D eigenvalue weighted by atomic mass is 9.90. The van der Waals surface area contributed by atoms with Crippen molar-refractivity contribution in [2.24, 2.45) is 11.7 Å². The van der Waals surface area contributed by atoms with Crippen molar-refractivity contribution in [1.29, 1.82) is 0 Å². The number of methoxy groups -OCH3 is 1. The molecule has 0 saturated carbocycles. The Hall–Kier alpha value is -0.120. The summed E-state index contributed by atoms with van der Waals surface area (Å²) in [6.07, 6.45) is 3.61. The fourth-order valence-corrected chi connectivity index (χ4v) is 2.23. The van der Waals surface area contributed by atoms with Crippen LogP contribution in [0.25, 0.3) is 0 Å². The number of nitrogens with zero attached hydrogens (tertiary/aromatic N) is 1. The molecule has 3 nitrogen and oxygen atoms in total. The Labute approximate surface area is 100 Å². The summed E-state index contributed by atoms with van der Waals surface area (Å²) in [5.74, 6) is 0.728. The Balaban J connectivity index is 2.22. The van der Waals surface area contributed by atoms with Gasteiger partial charge in [0.1, 0.15) is 0 Å². The molecule has 96 valence electrons. The summed E-state index contributed by atoms with van der Waals surface area (Å²) in [6, 6.07) is 0.359. The van der Waals surface area contributed by atoms with Gasteiger partial charge in [0.05, 0.1) is 5.60 Å². The summed E-state index contributed by atoms with van der Waals surface area (Å²) in [5.41, 5.74) is 5.95. The Morgan fingerprint density at radius 3 is 2.38 bits per heavy atom. The second kappa shape index (κ2) is 5.99. The lowest BCUT2D eigenvalue weighted by Crippen LogP contribution is -2.41. The van der Waals surface area contributed by atoms with E-state index >= 15 is 0 Å². The molecule has 0 spiro atoms. The molecular formula is C13H28N2O. The Morgan fingerprint density at radius 1 is 1.38 bits per heavy atom. The fraction of sp³-hybridized carbons (Fsp3) is 1.00. The van der Waals surface area contributed by atoms with E-state index in [4.69, 9.17) is 10.5 Å². The van der Waals surface area contributed by atoms with Crippen LogP contribution in [-0.2, 0) is 4.74 Å². The van der Waals surface area contributed by atoms with Crippen molar-refractivity contribution in [3.8, 4) is 0 Å². The molecule has 0 amide bonds. The molecule has 1 heterocycles. The second-order valence-corrected chi connectivity index (χ2v) is 5.75. The molecule has 1 aliphatic rings. The van der Waals surface area contributed by atoms with Gasteiger partial charge in [-0.1, -0.05) is 0 Å². The molecule has 2 N–H and O–H groups in total. The van der Waals surface area contributed by atoms with Crippen molar-refractivity contribution < 1.29 is 4.74 Å². The van der Waals surface area contributed by atoms with Crippen molar-refractivity contribution >= 4 is 0 Å². The molecule has 0 aromatic carbocycles. The predicted octanol–water partition coefficient (Wildman–Crippen LogP) is 1.86. The van der Waals surface area contributed by atoms with E-state index in [0.29, 0.717) is 6.04 Å². The van der Waals surface area contributed by atoms with Gasteiger partial charge in [-0.25, -0.2) is 0 Å². The minimum atomic E-state index is 0.0119. The maximum Gasteiger partial charge on any atom is 0.0634 e. The highest BCUT2D eigenvalue weighted by Crippen LogP contribution is 2.21. The van der Waals surface area contributed by atoms with E-state index in [-0.39, 0.29) is 5.60 Å². The van der Waals surface area contributed by atoms with Crippen LogP contribution in [0.1, 0.15) is 40.0 Å². The third kappa shape index (κ3) is 4.40. The van der Waals surface area contributed by atoms with Crippen molar-refractivity contribution in [1.82, 2.24) is 4.90 Å². The minimum Gasteiger partial charge on any atom is -0.379 e. The fourth-order valence-electron chi connectivity index (χ4n) is 2.23. The van der Waals surface area contributed by atoms with Gasteiger partial charge in [-0.05, 0) is 59.0 Å². The first kappa shape index (κ1) is 13.9. The van der Waals surface area contributed by atoms with E-state index in [1.54, 1.807) is 7.11 Å². The van der Waals surface area contributed by atoms with Crippen molar-refractivity contribution in [3.05, 3.63) is 0 Å². The summed E-state index contributed by atoms with van der Waals surface area (Å²) >= 11 is 0. The van der Waals surface area contributed by atoms with Gasteiger partial charge in [0.15, 0.2) is 0 Å². The van der Waals surface area contributed by atoms with Crippen LogP contribution in [0.5, 0.6) is 0 Å². The minimum absolute atomic E-state index is 0.0119. The van der Waals surface area contributed by atoms with E-state index in [1.807, 2.05) is 0 Å². The molecule has 1 aliphatic heterocycles. The molecular weight excluding hydrogens is 200 g/mol. The number of hydrogen-bond acceptors (Lipinski definition) is 3. The molecule has 0 aromatic rings. The molecule has 0 aromatic heterocycles. The third-order valence-electron chi connectivity index (χ3n) is 3.96. The number of piperidine rings is 1. The Kier molecular flexibility index (Phi) is 5.22. The van der Waals surface area contributed by atoms with Gasteiger partial charge < -0.3 is 15.4 Å². The van der Waals surface area contributed by atoms with Crippen molar-refractivity contribution in [2.45, 2.75) is 51.7 Å². The van der Waals surface area contributed by atoms with Crippen LogP contribution < -0.4 is 5.73 Å². The topological polar surface area (TPSA) is 38.5 Å². The highest BCUT2D eigenvalue weighted by Gasteiger charge is 2.23. The molecule has 0 bridgehead atoms. The number of nitrogens with two attached hydrogens (primary N) is 1. The third-order valence-corrected chi connectivity index (χ3v) is 3.96. The van der Waals surface area contributed by atoms with Gasteiger partial charge in [-0.3, -0.25) is 0 Å². The summed E-state index contributed by atoms with van der Waals surface area (Å²) in [7, 11) is 1.79. The maximum absolute atomic E-state index is 5.94. The smallest absolute Gasteiger partial charge is 0.0634 e. The standard InChI is InChI=1S/C13H28N2O/c1-11(14)12-5-8-15(9-6-12)10-7-13(2,3)16-4/h11-12H,5-10,14H2,1-4H3. The van der Waals surface area contributed by atoms with Gasteiger partial charge in [-0.15, -0.1) is 0 Å². The van der Waals surface area contributed by atoms with Crippen LogP contribution in [-0.4, -0.2) is 43.3 Å². The van der Waals surface area contributed by atoms with Crippen molar-refractivity contribution in [2.75, 3.05) is 26.7 Å². The monoisotopic (exact) mass is 228 g/mol. The summed E-state index contributed by atoms with van der Waals surface area (Å²) in [5, 5.41) is 0. The van der Waals surface area contributed by atoms with Crippen LogP contribution in [0, 0.1) is 5.92 Å². The van der Waals surface area contributed by atoms with E-state index in [0.717, 1.165) is 18.9 Å². The first-order valence-corrected chi connectivity index (χ1v) is 6.48. The summed E-state index contributed by atoms with van der Waals surface area (Å²) < 4.78 is 5.44. The summed E-state index contributed by atoms with van der Waals surface area (Å²) in [6.45, 7) is 9.99. The molecule has 1 unspecified atom stereocenters.